The SMILES string of the molecule is O=C(CCc1ncc(-c2ccccc2Cl)o1)Nc1nnc(SCc2ccccc2)s1. The summed E-state index contributed by atoms with van der Waals surface area (Å²) in [6.45, 7) is 0. The van der Waals surface area contributed by atoms with E-state index in [1.807, 2.05) is 36.4 Å². The molecule has 0 fully saturated rings. The van der Waals surface area contributed by atoms with E-state index in [0.717, 1.165) is 15.7 Å². The Morgan fingerprint density at radius 3 is 2.73 bits per heavy atom. The standard InChI is InChI=1S/C21H17ClN4O2S2/c22-16-9-5-4-8-15(16)17-12-23-19(28-17)11-10-18(27)24-20-25-26-21(30-20)29-13-14-6-2-1-3-7-14/h1-9,12H,10-11,13H2,(H,24,25,27). The average molecular weight is 457 g/mol. The fourth-order valence-corrected chi connectivity index (χ4v) is 4.60. The topological polar surface area (TPSA) is 80.9 Å². The number of aryl methyl sites for hydroxylation is 1. The van der Waals surface area contributed by atoms with Crippen molar-refractivity contribution in [1.82, 2.24) is 15.2 Å². The number of hydrogen-bond acceptors (Lipinski definition) is 7. The fraction of sp³-hybridized carbons (Fsp3) is 0.143. The molecule has 2 aromatic carbocycles. The Balaban J connectivity index is 1.26. The number of carbonyl (C=O) groups excluding carboxylic acids is 1. The van der Waals surface area contributed by atoms with Crippen molar-refractivity contribution in [2.75, 3.05) is 5.32 Å². The minimum Gasteiger partial charge on any atom is -0.441 e. The van der Waals surface area contributed by atoms with E-state index >= 15 is 0 Å². The van der Waals surface area contributed by atoms with Crippen molar-refractivity contribution in [3.05, 3.63) is 77.3 Å². The summed E-state index contributed by atoms with van der Waals surface area (Å²) in [7, 11) is 0. The molecule has 2 aromatic heterocycles. The number of halogens is 1. The van der Waals surface area contributed by atoms with E-state index in [-0.39, 0.29) is 12.3 Å². The third kappa shape index (κ3) is 5.47. The van der Waals surface area contributed by atoms with Gasteiger partial charge in [-0.15, -0.1) is 10.2 Å². The van der Waals surface area contributed by atoms with E-state index in [4.69, 9.17) is 16.0 Å². The lowest BCUT2D eigenvalue weighted by Crippen LogP contribution is -2.12. The Labute approximate surface area is 186 Å². The molecule has 0 saturated heterocycles. The van der Waals surface area contributed by atoms with Gasteiger partial charge in [-0.3, -0.25) is 4.79 Å². The van der Waals surface area contributed by atoms with Crippen LogP contribution in [0.3, 0.4) is 0 Å². The first-order valence-electron chi connectivity index (χ1n) is 9.17. The van der Waals surface area contributed by atoms with Gasteiger partial charge in [-0.25, -0.2) is 4.98 Å². The van der Waals surface area contributed by atoms with Gasteiger partial charge in [0.05, 0.1) is 11.2 Å². The van der Waals surface area contributed by atoms with Crippen LogP contribution in [-0.4, -0.2) is 21.1 Å². The number of thioether (sulfide) groups is 1. The molecule has 30 heavy (non-hydrogen) atoms. The van der Waals surface area contributed by atoms with Crippen LogP contribution in [-0.2, 0) is 17.0 Å². The van der Waals surface area contributed by atoms with Gasteiger partial charge in [0.1, 0.15) is 0 Å². The Morgan fingerprint density at radius 2 is 1.90 bits per heavy atom. The molecule has 0 atom stereocenters. The van der Waals surface area contributed by atoms with Gasteiger partial charge in [-0.1, -0.05) is 77.2 Å². The van der Waals surface area contributed by atoms with Crippen LogP contribution < -0.4 is 5.32 Å². The highest BCUT2D eigenvalue weighted by molar-refractivity contribution is 8.00. The molecule has 4 rings (SSSR count). The van der Waals surface area contributed by atoms with Crippen LogP contribution in [0.25, 0.3) is 11.3 Å². The Bertz CT molecular complexity index is 1130. The number of benzene rings is 2. The van der Waals surface area contributed by atoms with Gasteiger partial charge in [0.2, 0.25) is 11.0 Å². The molecule has 0 bridgehead atoms. The minimum atomic E-state index is -0.164. The number of nitrogens with zero attached hydrogens (tertiary/aromatic N) is 3. The Morgan fingerprint density at radius 1 is 1.10 bits per heavy atom. The molecule has 2 heterocycles. The molecule has 0 aliphatic heterocycles. The van der Waals surface area contributed by atoms with Crippen molar-refractivity contribution < 1.29 is 9.21 Å². The molecule has 4 aromatic rings. The van der Waals surface area contributed by atoms with Crippen LogP contribution in [0, 0.1) is 0 Å². The van der Waals surface area contributed by atoms with Gasteiger partial charge in [0.15, 0.2) is 16.0 Å². The van der Waals surface area contributed by atoms with Crippen molar-refractivity contribution >= 4 is 45.7 Å². The second-order valence-electron chi connectivity index (χ2n) is 6.29. The maximum Gasteiger partial charge on any atom is 0.226 e. The third-order valence-electron chi connectivity index (χ3n) is 4.12. The molecule has 6 nitrogen and oxygen atoms in total. The molecular formula is C21H17ClN4O2S2. The first-order valence-corrected chi connectivity index (χ1v) is 11.3. The monoisotopic (exact) mass is 456 g/mol. The number of hydrogen-bond donors (Lipinski definition) is 1. The van der Waals surface area contributed by atoms with Crippen molar-refractivity contribution in [2.24, 2.45) is 0 Å². The van der Waals surface area contributed by atoms with Crippen molar-refractivity contribution in [3.8, 4) is 11.3 Å². The van der Waals surface area contributed by atoms with Gasteiger partial charge in [0, 0.05) is 24.2 Å². The minimum absolute atomic E-state index is 0.164. The lowest BCUT2D eigenvalue weighted by Gasteiger charge is -2.00. The van der Waals surface area contributed by atoms with Gasteiger partial charge >= 0.3 is 0 Å². The quantitative estimate of drug-likeness (QED) is 0.270. The van der Waals surface area contributed by atoms with E-state index in [2.05, 4.69) is 32.6 Å². The van der Waals surface area contributed by atoms with Crippen LogP contribution >= 0.6 is 34.7 Å². The summed E-state index contributed by atoms with van der Waals surface area (Å²) in [5.41, 5.74) is 1.99. The lowest BCUT2D eigenvalue weighted by molar-refractivity contribution is -0.116. The number of anilines is 1. The zero-order valence-corrected chi connectivity index (χ0v) is 18.1. The van der Waals surface area contributed by atoms with Crippen LogP contribution in [0.2, 0.25) is 5.02 Å². The van der Waals surface area contributed by atoms with E-state index in [0.29, 0.717) is 28.2 Å². The smallest absolute Gasteiger partial charge is 0.226 e. The van der Waals surface area contributed by atoms with Gasteiger partial charge in [-0.2, -0.15) is 0 Å². The van der Waals surface area contributed by atoms with E-state index in [1.54, 1.807) is 24.0 Å². The first kappa shape index (κ1) is 20.6. The molecule has 9 heteroatoms. The van der Waals surface area contributed by atoms with Crippen molar-refractivity contribution in [2.45, 2.75) is 22.9 Å². The second-order valence-corrected chi connectivity index (χ2v) is 8.90. The summed E-state index contributed by atoms with van der Waals surface area (Å²) in [4.78, 5) is 16.5. The number of nitrogens with one attached hydrogen (secondary N) is 1. The predicted octanol–water partition coefficient (Wildman–Crippen LogP) is 5.71. The van der Waals surface area contributed by atoms with Crippen LogP contribution in [0.15, 0.2) is 69.6 Å². The summed E-state index contributed by atoms with van der Waals surface area (Å²) in [6, 6.07) is 17.5. The molecule has 0 saturated carbocycles. The Kier molecular flexibility index (Phi) is 6.78. The highest BCUT2D eigenvalue weighted by Gasteiger charge is 2.13. The molecule has 0 radical (unpaired) electrons. The summed E-state index contributed by atoms with van der Waals surface area (Å²) < 4.78 is 6.54. The zero-order valence-electron chi connectivity index (χ0n) is 15.7. The number of rotatable bonds is 8. The van der Waals surface area contributed by atoms with E-state index in [1.165, 1.54) is 16.9 Å². The molecule has 1 amide bonds. The highest BCUT2D eigenvalue weighted by atomic mass is 35.5. The van der Waals surface area contributed by atoms with E-state index < -0.39 is 0 Å². The van der Waals surface area contributed by atoms with Crippen LogP contribution in [0.4, 0.5) is 5.13 Å². The normalized spacial score (nSPS) is 10.8. The molecule has 0 aliphatic carbocycles. The average Bonchev–Trinajstić information content (AvgIpc) is 3.41. The molecular weight excluding hydrogens is 440 g/mol. The van der Waals surface area contributed by atoms with E-state index in [9.17, 15) is 4.79 Å². The third-order valence-corrected chi connectivity index (χ3v) is 6.49. The maximum absolute atomic E-state index is 12.2. The van der Waals surface area contributed by atoms with Gasteiger partial charge in [-0.05, 0) is 17.7 Å². The molecule has 0 unspecified atom stereocenters. The van der Waals surface area contributed by atoms with Gasteiger partial charge < -0.3 is 9.73 Å². The molecule has 0 aliphatic rings. The lowest BCUT2D eigenvalue weighted by atomic mass is 10.2. The Hall–Kier alpha value is -2.68. The number of carbonyl (C=O) groups is 1. The summed E-state index contributed by atoms with van der Waals surface area (Å²) in [6.07, 6.45) is 2.23. The zero-order chi connectivity index (χ0) is 20.8. The van der Waals surface area contributed by atoms with Crippen LogP contribution in [0.5, 0.6) is 0 Å². The maximum atomic E-state index is 12.2. The highest BCUT2D eigenvalue weighted by Crippen LogP contribution is 2.29. The molecule has 1 N–H and O–H groups in total. The number of aromatic nitrogens is 3. The summed E-state index contributed by atoms with van der Waals surface area (Å²) in [5.74, 6) is 1.71. The fourth-order valence-electron chi connectivity index (χ4n) is 2.65. The largest absolute Gasteiger partial charge is 0.441 e. The predicted molar refractivity (Wildman–Crippen MR) is 120 cm³/mol. The van der Waals surface area contributed by atoms with Crippen molar-refractivity contribution in [3.63, 3.8) is 0 Å². The number of oxazole rings is 1. The summed E-state index contributed by atoms with van der Waals surface area (Å²) in [5, 5.41) is 12.0. The molecule has 152 valence electrons. The van der Waals surface area contributed by atoms with Crippen LogP contribution in [0.1, 0.15) is 17.9 Å². The first-order chi connectivity index (χ1) is 14.7. The number of amides is 1. The summed E-state index contributed by atoms with van der Waals surface area (Å²) >= 11 is 9.13. The molecule has 0 spiro atoms. The van der Waals surface area contributed by atoms with Gasteiger partial charge in [0.25, 0.3) is 0 Å². The van der Waals surface area contributed by atoms with Crippen molar-refractivity contribution in [1.29, 1.82) is 0 Å². The second kappa shape index (κ2) is 9.88.